The minimum absolute atomic E-state index is 0.126. The van der Waals surface area contributed by atoms with E-state index >= 15 is 0 Å². The number of methoxy groups -OCH3 is 1. The highest BCUT2D eigenvalue weighted by Gasteiger charge is 2.47. The third-order valence-corrected chi connectivity index (χ3v) is 5.49. The Kier molecular flexibility index (Phi) is 5.67. The summed E-state index contributed by atoms with van der Waals surface area (Å²) in [6.07, 6.45) is 1.55. The summed E-state index contributed by atoms with van der Waals surface area (Å²) in [4.78, 5) is 31.8. The molecule has 8 heteroatoms. The fourth-order valence-corrected chi connectivity index (χ4v) is 3.89. The van der Waals surface area contributed by atoms with Gasteiger partial charge in [0.05, 0.1) is 23.4 Å². The minimum Gasteiger partial charge on any atom is -0.507 e. The zero-order valence-electron chi connectivity index (χ0n) is 16.3. The Balaban J connectivity index is 1.97. The van der Waals surface area contributed by atoms with Crippen LogP contribution < -0.4 is 9.64 Å². The average Bonchev–Trinajstić information content (AvgIpc) is 3.05. The lowest BCUT2D eigenvalue weighted by Gasteiger charge is -2.24. The molecule has 0 saturated carbocycles. The minimum atomic E-state index is -0.970. The van der Waals surface area contributed by atoms with Crippen molar-refractivity contribution < 1.29 is 19.4 Å². The summed E-state index contributed by atoms with van der Waals surface area (Å²) in [5, 5.41) is 11.7. The maximum absolute atomic E-state index is 13.1. The molecule has 0 aliphatic carbocycles. The lowest BCUT2D eigenvalue weighted by Crippen LogP contribution is -2.29. The fourth-order valence-electron chi connectivity index (χ4n) is 3.50. The number of aromatic nitrogens is 1. The summed E-state index contributed by atoms with van der Waals surface area (Å²) in [7, 11) is 1.47. The Morgan fingerprint density at radius 2 is 1.87 bits per heavy atom. The van der Waals surface area contributed by atoms with Gasteiger partial charge in [-0.1, -0.05) is 35.3 Å². The van der Waals surface area contributed by atoms with Crippen LogP contribution in [0.25, 0.3) is 5.76 Å². The molecule has 1 atom stereocenters. The summed E-state index contributed by atoms with van der Waals surface area (Å²) in [5.74, 6) is -1.64. The van der Waals surface area contributed by atoms with Crippen LogP contribution in [0.15, 0.2) is 72.4 Å². The van der Waals surface area contributed by atoms with E-state index in [0.29, 0.717) is 22.2 Å². The molecule has 0 spiro atoms. The van der Waals surface area contributed by atoms with Gasteiger partial charge in [-0.3, -0.25) is 19.5 Å². The lowest BCUT2D eigenvalue weighted by molar-refractivity contribution is -0.132. The van der Waals surface area contributed by atoms with Crippen LogP contribution in [0.4, 0.5) is 5.69 Å². The van der Waals surface area contributed by atoms with Crippen molar-refractivity contribution in [2.45, 2.75) is 6.04 Å². The number of aliphatic hydroxyl groups excluding tert-OH is 1. The molecule has 6 nitrogen and oxygen atoms in total. The number of benzene rings is 2. The molecule has 0 bridgehead atoms. The molecule has 1 aliphatic heterocycles. The van der Waals surface area contributed by atoms with Crippen LogP contribution in [0.1, 0.15) is 17.3 Å². The van der Waals surface area contributed by atoms with Gasteiger partial charge in [-0.2, -0.15) is 0 Å². The number of Topliss-reactive ketones (excluding diaryl/α,β-unsaturated/α-hetero) is 1. The third kappa shape index (κ3) is 3.76. The van der Waals surface area contributed by atoms with Crippen molar-refractivity contribution in [3.63, 3.8) is 0 Å². The quantitative estimate of drug-likeness (QED) is 0.340. The van der Waals surface area contributed by atoms with Gasteiger partial charge in [-0.25, -0.2) is 0 Å². The normalized spacial score (nSPS) is 17.8. The molecular weight excluding hydrogens is 439 g/mol. The first-order valence-corrected chi connectivity index (χ1v) is 9.99. The zero-order valence-corrected chi connectivity index (χ0v) is 17.8. The SMILES string of the molecule is COc1ccc(Cl)c(/C(O)=C2\C(=O)C(=O)N(c3cccc(Cl)c3)C2c2ccccn2)c1. The van der Waals surface area contributed by atoms with Crippen molar-refractivity contribution in [3.8, 4) is 5.75 Å². The highest BCUT2D eigenvalue weighted by Crippen LogP contribution is 2.43. The molecule has 2 aromatic carbocycles. The van der Waals surface area contributed by atoms with Gasteiger partial charge in [0.1, 0.15) is 17.6 Å². The first kappa shape index (κ1) is 20.9. The standard InChI is InChI=1S/C23H16Cl2N2O4/c1-31-15-8-9-17(25)16(12-15)21(28)19-20(18-7-2-3-10-26-18)27(23(30)22(19)29)14-6-4-5-13(24)11-14/h2-12,20,28H,1H3/b21-19+. The molecule has 31 heavy (non-hydrogen) atoms. The molecule has 3 aromatic rings. The maximum Gasteiger partial charge on any atom is 0.300 e. The molecule has 1 aliphatic rings. The summed E-state index contributed by atoms with van der Waals surface area (Å²) < 4.78 is 5.20. The smallest absolute Gasteiger partial charge is 0.300 e. The second kappa shape index (κ2) is 8.41. The van der Waals surface area contributed by atoms with Crippen LogP contribution in [0.5, 0.6) is 5.75 Å². The lowest BCUT2D eigenvalue weighted by atomic mass is 9.98. The van der Waals surface area contributed by atoms with Crippen LogP contribution in [0.2, 0.25) is 10.0 Å². The number of hydrogen-bond acceptors (Lipinski definition) is 5. The number of ether oxygens (including phenoxy) is 1. The molecule has 1 amide bonds. The highest BCUT2D eigenvalue weighted by molar-refractivity contribution is 6.52. The number of halogens is 2. The van der Waals surface area contributed by atoms with Crippen LogP contribution in [0.3, 0.4) is 0 Å². The molecular formula is C23H16Cl2N2O4. The molecule has 2 heterocycles. The van der Waals surface area contributed by atoms with Crippen LogP contribution in [-0.4, -0.2) is 28.9 Å². The summed E-state index contributed by atoms with van der Waals surface area (Å²) in [5.41, 5.74) is 0.855. The molecule has 1 aromatic heterocycles. The van der Waals surface area contributed by atoms with E-state index in [9.17, 15) is 14.7 Å². The number of ketones is 1. The van der Waals surface area contributed by atoms with Gasteiger partial charge >= 0.3 is 0 Å². The fraction of sp³-hybridized carbons (Fsp3) is 0.0870. The van der Waals surface area contributed by atoms with Crippen LogP contribution in [0, 0.1) is 0 Å². The summed E-state index contributed by atoms with van der Waals surface area (Å²) >= 11 is 12.4. The maximum atomic E-state index is 13.1. The van der Waals surface area contributed by atoms with Crippen molar-refractivity contribution in [2.75, 3.05) is 12.0 Å². The van der Waals surface area contributed by atoms with E-state index in [2.05, 4.69) is 4.98 Å². The van der Waals surface area contributed by atoms with E-state index in [1.54, 1.807) is 54.7 Å². The van der Waals surface area contributed by atoms with Gasteiger partial charge < -0.3 is 9.84 Å². The van der Waals surface area contributed by atoms with Crippen molar-refractivity contribution in [3.05, 3.63) is 93.7 Å². The number of anilines is 1. The predicted octanol–water partition coefficient (Wildman–Crippen LogP) is 5.02. The second-order valence-electron chi connectivity index (χ2n) is 6.75. The van der Waals surface area contributed by atoms with Gasteiger partial charge in [0.25, 0.3) is 11.7 Å². The molecule has 4 rings (SSSR count). The number of pyridine rings is 1. The third-order valence-electron chi connectivity index (χ3n) is 4.93. The van der Waals surface area contributed by atoms with Crippen molar-refractivity contribution in [1.29, 1.82) is 0 Å². The van der Waals surface area contributed by atoms with Gasteiger partial charge in [0, 0.05) is 22.5 Å². The van der Waals surface area contributed by atoms with Gasteiger partial charge in [0.15, 0.2) is 0 Å². The zero-order chi connectivity index (χ0) is 22.1. The average molecular weight is 455 g/mol. The Morgan fingerprint density at radius 1 is 1.06 bits per heavy atom. The molecule has 156 valence electrons. The Hall–Kier alpha value is -3.35. The number of aliphatic hydroxyl groups is 1. The first-order valence-electron chi connectivity index (χ1n) is 9.23. The van der Waals surface area contributed by atoms with Crippen molar-refractivity contribution in [2.24, 2.45) is 0 Å². The molecule has 1 N–H and O–H groups in total. The summed E-state index contributed by atoms with van der Waals surface area (Å²) in [6.45, 7) is 0. The Bertz CT molecular complexity index is 1210. The van der Waals surface area contributed by atoms with E-state index in [-0.39, 0.29) is 16.2 Å². The number of hydrogen-bond donors (Lipinski definition) is 1. The molecule has 1 fully saturated rings. The van der Waals surface area contributed by atoms with Gasteiger partial charge in [-0.15, -0.1) is 0 Å². The van der Waals surface area contributed by atoms with E-state index in [1.165, 1.54) is 24.1 Å². The van der Waals surface area contributed by atoms with E-state index < -0.39 is 23.5 Å². The topological polar surface area (TPSA) is 79.7 Å². The Morgan fingerprint density at radius 3 is 2.55 bits per heavy atom. The summed E-state index contributed by atoms with van der Waals surface area (Å²) in [6, 6.07) is 15.4. The molecule has 1 unspecified atom stereocenters. The highest BCUT2D eigenvalue weighted by atomic mass is 35.5. The van der Waals surface area contributed by atoms with Crippen molar-refractivity contribution >= 4 is 46.3 Å². The second-order valence-corrected chi connectivity index (χ2v) is 7.59. The van der Waals surface area contributed by atoms with Crippen LogP contribution >= 0.6 is 23.2 Å². The molecule has 1 saturated heterocycles. The number of carbonyl (C=O) groups excluding carboxylic acids is 2. The largest absolute Gasteiger partial charge is 0.507 e. The van der Waals surface area contributed by atoms with E-state index in [1.807, 2.05) is 0 Å². The van der Waals surface area contributed by atoms with Crippen LogP contribution in [-0.2, 0) is 9.59 Å². The molecule has 0 radical (unpaired) electrons. The van der Waals surface area contributed by atoms with E-state index in [0.717, 1.165) is 0 Å². The number of amides is 1. The van der Waals surface area contributed by atoms with Gasteiger partial charge in [-0.05, 0) is 48.5 Å². The number of nitrogens with zero attached hydrogens (tertiary/aromatic N) is 2. The first-order chi connectivity index (χ1) is 14.9. The van der Waals surface area contributed by atoms with Gasteiger partial charge in [0.2, 0.25) is 0 Å². The monoisotopic (exact) mass is 454 g/mol. The predicted molar refractivity (Wildman–Crippen MR) is 118 cm³/mol. The van der Waals surface area contributed by atoms with E-state index in [4.69, 9.17) is 27.9 Å². The Labute approximate surface area is 188 Å². The number of carbonyl (C=O) groups is 2. The number of rotatable bonds is 4. The van der Waals surface area contributed by atoms with Crippen molar-refractivity contribution in [1.82, 2.24) is 4.98 Å².